The van der Waals surface area contributed by atoms with Crippen LogP contribution in [0.5, 0.6) is 5.75 Å². The van der Waals surface area contributed by atoms with Gasteiger partial charge in [0.2, 0.25) is 0 Å². The van der Waals surface area contributed by atoms with E-state index < -0.39 is 21.5 Å². The highest BCUT2D eigenvalue weighted by Crippen LogP contribution is 2.30. The zero-order valence-corrected chi connectivity index (χ0v) is 12.6. The predicted octanol–water partition coefficient (Wildman–Crippen LogP) is 1.68. The summed E-state index contributed by atoms with van der Waals surface area (Å²) >= 11 is 1.05. The molecule has 6 nitrogen and oxygen atoms in total. The van der Waals surface area contributed by atoms with Crippen LogP contribution in [0, 0.1) is 0 Å². The molecule has 0 aliphatic heterocycles. The zero-order chi connectivity index (χ0) is 14.7. The first kappa shape index (κ1) is 15.9. The third-order valence-corrected chi connectivity index (χ3v) is 5.58. The van der Waals surface area contributed by atoms with E-state index in [-0.39, 0.29) is 22.8 Å². The summed E-state index contributed by atoms with van der Waals surface area (Å²) in [4.78, 5) is 10.5. The lowest BCUT2D eigenvalue weighted by Crippen LogP contribution is -2.43. The van der Waals surface area contributed by atoms with E-state index in [2.05, 4.69) is 4.72 Å². The Bertz CT molecular complexity index is 547. The first-order chi connectivity index (χ1) is 8.68. The Morgan fingerprint density at radius 3 is 2.68 bits per heavy atom. The fraction of sp³-hybridized carbons (Fsp3) is 0.545. The number of hydrogen-bond donors (Lipinski definition) is 2. The van der Waals surface area contributed by atoms with E-state index in [0.717, 1.165) is 11.3 Å². The lowest BCUT2D eigenvalue weighted by Gasteiger charge is -2.25. The number of hydrogen-bond acceptors (Lipinski definition) is 5. The van der Waals surface area contributed by atoms with Gasteiger partial charge >= 0.3 is 5.97 Å². The number of nitrogens with one attached hydrogen (secondary N) is 1. The van der Waals surface area contributed by atoms with Crippen LogP contribution in [0.15, 0.2) is 15.7 Å². The Hall–Kier alpha value is -1.12. The van der Waals surface area contributed by atoms with Crippen molar-refractivity contribution >= 4 is 27.3 Å². The van der Waals surface area contributed by atoms with Gasteiger partial charge in [0.05, 0.1) is 7.11 Å². The van der Waals surface area contributed by atoms with E-state index in [1.807, 2.05) is 0 Å². The number of carboxylic acid groups (broad SMARTS) is 1. The summed E-state index contributed by atoms with van der Waals surface area (Å²) in [7, 11) is -2.32. The van der Waals surface area contributed by atoms with Crippen molar-refractivity contribution in [3.8, 4) is 5.75 Å². The van der Waals surface area contributed by atoms with Gasteiger partial charge in [-0.15, -0.1) is 11.3 Å². The summed E-state index contributed by atoms with van der Waals surface area (Å²) < 4.78 is 32.0. The molecular formula is C11H17NO5S2. The Morgan fingerprint density at radius 1 is 1.53 bits per heavy atom. The molecule has 0 spiro atoms. The van der Waals surface area contributed by atoms with Crippen LogP contribution in [-0.2, 0) is 14.8 Å². The van der Waals surface area contributed by atoms with E-state index in [4.69, 9.17) is 9.84 Å². The molecule has 1 aromatic rings. The Labute approximate surface area is 116 Å². The van der Waals surface area contributed by atoms with Crippen molar-refractivity contribution in [2.75, 3.05) is 7.11 Å². The third-order valence-electron chi connectivity index (χ3n) is 2.43. The molecule has 0 saturated heterocycles. The van der Waals surface area contributed by atoms with Crippen molar-refractivity contribution in [2.45, 2.75) is 36.4 Å². The first-order valence-corrected chi connectivity index (χ1v) is 7.91. The van der Waals surface area contributed by atoms with Crippen molar-refractivity contribution in [3.63, 3.8) is 0 Å². The monoisotopic (exact) mass is 307 g/mol. The lowest BCUT2D eigenvalue weighted by molar-refractivity contribution is -0.137. The Morgan fingerprint density at radius 2 is 2.16 bits per heavy atom. The first-order valence-electron chi connectivity index (χ1n) is 5.55. The van der Waals surface area contributed by atoms with Crippen molar-refractivity contribution < 1.29 is 23.1 Å². The summed E-state index contributed by atoms with van der Waals surface area (Å²) in [6.45, 7) is 3.29. The van der Waals surface area contributed by atoms with Gasteiger partial charge in [0.1, 0.15) is 5.75 Å². The van der Waals surface area contributed by atoms with Crippen molar-refractivity contribution in [3.05, 3.63) is 11.4 Å². The van der Waals surface area contributed by atoms with Gasteiger partial charge in [0.25, 0.3) is 10.0 Å². The maximum Gasteiger partial charge on any atom is 0.303 e. The standard InChI is InChI=1S/C11H17NO5S2/c1-11(2,6-4-9(13)14)12-19(15,16)10-8(17-3)5-7-18-10/h5,7,12H,4,6H2,1-3H3,(H,13,14). The molecular weight excluding hydrogens is 290 g/mol. The molecule has 0 bridgehead atoms. The molecule has 0 aromatic carbocycles. The molecule has 0 amide bonds. The maximum absolute atomic E-state index is 12.2. The lowest BCUT2D eigenvalue weighted by atomic mass is 10.0. The fourth-order valence-electron chi connectivity index (χ4n) is 1.51. The zero-order valence-electron chi connectivity index (χ0n) is 11.0. The number of carboxylic acids is 1. The highest BCUT2D eigenvalue weighted by atomic mass is 32.2. The molecule has 0 unspecified atom stereocenters. The molecule has 0 fully saturated rings. The van der Waals surface area contributed by atoms with Crippen molar-refractivity contribution in [1.82, 2.24) is 4.72 Å². The molecule has 1 heterocycles. The van der Waals surface area contributed by atoms with Crippen molar-refractivity contribution in [2.24, 2.45) is 0 Å². The number of ether oxygens (including phenoxy) is 1. The van der Waals surface area contributed by atoms with E-state index in [1.54, 1.807) is 25.3 Å². The van der Waals surface area contributed by atoms with Crippen LogP contribution in [0.4, 0.5) is 0 Å². The van der Waals surface area contributed by atoms with Gasteiger partial charge in [0, 0.05) is 12.0 Å². The normalized spacial score (nSPS) is 12.4. The largest absolute Gasteiger partial charge is 0.494 e. The van der Waals surface area contributed by atoms with E-state index in [9.17, 15) is 13.2 Å². The van der Waals surface area contributed by atoms with Crippen LogP contribution in [0.2, 0.25) is 0 Å². The Kier molecular flexibility index (Phi) is 4.94. The predicted molar refractivity (Wildman–Crippen MR) is 72.1 cm³/mol. The van der Waals surface area contributed by atoms with Crippen LogP contribution in [0.3, 0.4) is 0 Å². The molecule has 0 saturated carbocycles. The van der Waals surface area contributed by atoms with Crippen LogP contribution in [0.1, 0.15) is 26.7 Å². The van der Waals surface area contributed by atoms with Gasteiger partial charge in [0.15, 0.2) is 4.21 Å². The second kappa shape index (κ2) is 5.89. The molecule has 0 radical (unpaired) electrons. The van der Waals surface area contributed by atoms with E-state index in [0.29, 0.717) is 0 Å². The van der Waals surface area contributed by atoms with Crippen LogP contribution in [0.25, 0.3) is 0 Å². The van der Waals surface area contributed by atoms with Gasteiger partial charge in [-0.25, -0.2) is 13.1 Å². The molecule has 1 rings (SSSR count). The van der Waals surface area contributed by atoms with Gasteiger partial charge in [-0.2, -0.15) is 0 Å². The molecule has 0 aliphatic carbocycles. The highest BCUT2D eigenvalue weighted by Gasteiger charge is 2.29. The van der Waals surface area contributed by atoms with Gasteiger partial charge < -0.3 is 9.84 Å². The minimum Gasteiger partial charge on any atom is -0.494 e. The number of sulfonamides is 1. The van der Waals surface area contributed by atoms with Gasteiger partial charge in [-0.1, -0.05) is 0 Å². The van der Waals surface area contributed by atoms with Crippen molar-refractivity contribution in [1.29, 1.82) is 0 Å². The number of rotatable bonds is 7. The van der Waals surface area contributed by atoms with Crippen LogP contribution < -0.4 is 9.46 Å². The van der Waals surface area contributed by atoms with Crippen LogP contribution in [-0.4, -0.2) is 32.1 Å². The quantitative estimate of drug-likeness (QED) is 0.799. The van der Waals surface area contributed by atoms with Gasteiger partial charge in [-0.05, 0) is 31.7 Å². The number of aliphatic carboxylic acids is 1. The summed E-state index contributed by atoms with van der Waals surface area (Å²) in [6.07, 6.45) is 0.104. The highest BCUT2D eigenvalue weighted by molar-refractivity contribution is 7.91. The molecule has 0 aliphatic rings. The number of methoxy groups -OCH3 is 1. The SMILES string of the molecule is COc1ccsc1S(=O)(=O)NC(C)(C)CCC(=O)O. The number of thiophene rings is 1. The summed E-state index contributed by atoms with van der Waals surface area (Å²) in [6, 6.07) is 1.57. The van der Waals surface area contributed by atoms with E-state index in [1.165, 1.54) is 7.11 Å². The third kappa shape index (κ3) is 4.48. The Balaban J connectivity index is 2.88. The summed E-state index contributed by atoms with van der Waals surface area (Å²) in [5.74, 6) is -0.674. The fourth-order valence-corrected chi connectivity index (χ4v) is 4.23. The minimum absolute atomic E-state index is 0.0957. The number of carbonyl (C=O) groups is 1. The average molecular weight is 307 g/mol. The molecule has 1 aromatic heterocycles. The topological polar surface area (TPSA) is 92.7 Å². The van der Waals surface area contributed by atoms with E-state index >= 15 is 0 Å². The van der Waals surface area contributed by atoms with Gasteiger partial charge in [-0.3, -0.25) is 4.79 Å². The molecule has 19 heavy (non-hydrogen) atoms. The molecule has 2 N–H and O–H groups in total. The maximum atomic E-state index is 12.2. The smallest absolute Gasteiger partial charge is 0.303 e. The average Bonchev–Trinajstić information content (AvgIpc) is 2.74. The molecule has 108 valence electrons. The van der Waals surface area contributed by atoms with Crippen LogP contribution >= 0.6 is 11.3 Å². The molecule has 8 heteroatoms. The second-order valence-electron chi connectivity index (χ2n) is 4.66. The minimum atomic E-state index is -3.71. The summed E-state index contributed by atoms with van der Waals surface area (Å²) in [5.41, 5.74) is -0.841. The second-order valence-corrected chi connectivity index (χ2v) is 7.45. The molecule has 0 atom stereocenters. The summed E-state index contributed by atoms with van der Waals surface area (Å²) in [5, 5.41) is 10.3.